The minimum atomic E-state index is -1.27. The molecule has 2 aliphatic rings. The summed E-state index contributed by atoms with van der Waals surface area (Å²) in [5.74, 6) is -0.728. The third kappa shape index (κ3) is 2.72. The zero-order valence-corrected chi connectivity index (χ0v) is 12.4. The van der Waals surface area contributed by atoms with Crippen LogP contribution in [-0.4, -0.2) is 40.9 Å². The van der Waals surface area contributed by atoms with Crippen LogP contribution in [0.5, 0.6) is 0 Å². The highest BCUT2D eigenvalue weighted by molar-refractivity contribution is 5.97. The third-order valence-electron chi connectivity index (χ3n) is 4.52. The zero-order chi connectivity index (χ0) is 15.6. The number of nitrogens with one attached hydrogen (secondary N) is 1. The van der Waals surface area contributed by atoms with E-state index in [9.17, 15) is 14.7 Å². The summed E-state index contributed by atoms with van der Waals surface area (Å²) in [5, 5.41) is 16.1. The fourth-order valence-electron chi connectivity index (χ4n) is 3.13. The standard InChI is InChI=1S/C15H20N2O5/c18-13(16-15(14(19)20)6-8-21-9-7-15)12-10-4-2-1-3-5-11(10)22-17-12/h1-9H2,(H,16,18)(H,19,20). The average molecular weight is 308 g/mol. The summed E-state index contributed by atoms with van der Waals surface area (Å²) in [6.45, 7) is 0.646. The lowest BCUT2D eigenvalue weighted by atomic mass is 9.89. The molecule has 0 radical (unpaired) electrons. The van der Waals surface area contributed by atoms with Gasteiger partial charge in [0.2, 0.25) is 0 Å². The van der Waals surface area contributed by atoms with Crippen LogP contribution in [0.2, 0.25) is 0 Å². The second-order valence-corrected chi connectivity index (χ2v) is 5.95. The Kier molecular flexibility index (Phi) is 4.15. The van der Waals surface area contributed by atoms with Gasteiger partial charge >= 0.3 is 5.97 Å². The largest absolute Gasteiger partial charge is 0.480 e. The van der Waals surface area contributed by atoms with Gasteiger partial charge in [0.25, 0.3) is 5.91 Å². The molecule has 1 aliphatic heterocycles. The number of amides is 1. The molecule has 3 rings (SSSR count). The summed E-state index contributed by atoms with van der Waals surface area (Å²) >= 11 is 0. The summed E-state index contributed by atoms with van der Waals surface area (Å²) in [6.07, 6.45) is 5.17. The summed E-state index contributed by atoms with van der Waals surface area (Å²) in [7, 11) is 0. The Hall–Kier alpha value is -1.89. The van der Waals surface area contributed by atoms with E-state index in [0.29, 0.717) is 13.2 Å². The highest BCUT2D eigenvalue weighted by Crippen LogP contribution is 2.26. The zero-order valence-electron chi connectivity index (χ0n) is 12.4. The number of carboxylic acids is 1. The van der Waals surface area contributed by atoms with Gasteiger partial charge in [-0.1, -0.05) is 11.6 Å². The number of aromatic nitrogens is 1. The molecule has 2 N–H and O–H groups in total. The van der Waals surface area contributed by atoms with Crippen molar-refractivity contribution >= 4 is 11.9 Å². The Morgan fingerprint density at radius 3 is 2.59 bits per heavy atom. The van der Waals surface area contributed by atoms with Crippen molar-refractivity contribution in [3.8, 4) is 0 Å². The maximum absolute atomic E-state index is 12.5. The fraction of sp³-hybridized carbons (Fsp3) is 0.667. The van der Waals surface area contributed by atoms with Gasteiger partial charge in [-0.25, -0.2) is 4.79 Å². The van der Waals surface area contributed by atoms with Crippen molar-refractivity contribution in [1.29, 1.82) is 0 Å². The Morgan fingerprint density at radius 2 is 1.86 bits per heavy atom. The molecule has 1 saturated heterocycles. The Bertz CT molecular complexity index is 574. The summed E-state index contributed by atoms with van der Waals surface area (Å²) < 4.78 is 10.5. The van der Waals surface area contributed by atoms with Gasteiger partial charge in [0.05, 0.1) is 0 Å². The number of carboxylic acid groups (broad SMARTS) is 1. The summed E-state index contributed by atoms with van der Waals surface area (Å²) in [4.78, 5) is 24.1. The Balaban J connectivity index is 1.82. The lowest BCUT2D eigenvalue weighted by Crippen LogP contribution is -2.57. The van der Waals surface area contributed by atoms with Crippen molar-refractivity contribution in [1.82, 2.24) is 10.5 Å². The van der Waals surface area contributed by atoms with E-state index in [0.717, 1.165) is 43.4 Å². The van der Waals surface area contributed by atoms with Crippen molar-refractivity contribution in [2.24, 2.45) is 0 Å². The number of aryl methyl sites for hydroxylation is 1. The number of carbonyl (C=O) groups is 2. The number of hydrogen-bond donors (Lipinski definition) is 2. The van der Waals surface area contributed by atoms with Crippen LogP contribution in [0, 0.1) is 0 Å². The smallest absolute Gasteiger partial charge is 0.329 e. The molecular weight excluding hydrogens is 288 g/mol. The van der Waals surface area contributed by atoms with Crippen molar-refractivity contribution in [2.75, 3.05) is 13.2 Å². The van der Waals surface area contributed by atoms with Crippen LogP contribution in [-0.2, 0) is 22.4 Å². The third-order valence-corrected chi connectivity index (χ3v) is 4.52. The van der Waals surface area contributed by atoms with E-state index in [1.165, 1.54) is 0 Å². The maximum Gasteiger partial charge on any atom is 0.329 e. The van der Waals surface area contributed by atoms with Crippen molar-refractivity contribution in [2.45, 2.75) is 50.5 Å². The second kappa shape index (κ2) is 6.08. The molecule has 7 heteroatoms. The number of carbonyl (C=O) groups excluding carboxylic acids is 1. The average Bonchev–Trinajstić information content (AvgIpc) is 2.77. The number of ether oxygens (including phenoxy) is 1. The molecule has 1 amide bonds. The van der Waals surface area contributed by atoms with Crippen LogP contribution >= 0.6 is 0 Å². The molecule has 1 aromatic heterocycles. The van der Waals surface area contributed by atoms with Crippen LogP contribution in [0.3, 0.4) is 0 Å². The molecule has 0 aromatic carbocycles. The van der Waals surface area contributed by atoms with Gasteiger partial charge < -0.3 is 19.7 Å². The molecule has 7 nitrogen and oxygen atoms in total. The van der Waals surface area contributed by atoms with Crippen molar-refractivity contribution < 1.29 is 24.0 Å². The first-order chi connectivity index (χ1) is 10.6. The van der Waals surface area contributed by atoms with Crippen molar-refractivity contribution in [3.05, 3.63) is 17.0 Å². The van der Waals surface area contributed by atoms with Crippen LogP contribution < -0.4 is 5.32 Å². The molecule has 1 fully saturated rings. The van der Waals surface area contributed by atoms with Gasteiger partial charge in [0.15, 0.2) is 5.69 Å². The number of aliphatic carboxylic acids is 1. The normalized spacial score (nSPS) is 20.7. The quantitative estimate of drug-likeness (QED) is 0.816. The monoisotopic (exact) mass is 308 g/mol. The van der Waals surface area contributed by atoms with E-state index in [-0.39, 0.29) is 18.5 Å². The molecule has 0 atom stereocenters. The maximum atomic E-state index is 12.5. The van der Waals surface area contributed by atoms with Gasteiger partial charge in [0.1, 0.15) is 11.3 Å². The topological polar surface area (TPSA) is 102 Å². The van der Waals surface area contributed by atoms with E-state index in [1.54, 1.807) is 0 Å². The number of nitrogens with zero attached hydrogens (tertiary/aromatic N) is 1. The second-order valence-electron chi connectivity index (χ2n) is 5.95. The van der Waals surface area contributed by atoms with Crippen LogP contribution in [0.25, 0.3) is 0 Å². The number of fused-ring (bicyclic) bond motifs is 1. The molecule has 0 spiro atoms. The first-order valence-corrected chi connectivity index (χ1v) is 7.73. The molecule has 0 saturated carbocycles. The summed E-state index contributed by atoms with van der Waals surface area (Å²) in [5.41, 5.74) is -0.196. The Labute approximate surface area is 128 Å². The van der Waals surface area contributed by atoms with E-state index >= 15 is 0 Å². The lowest BCUT2D eigenvalue weighted by molar-refractivity contribution is -0.148. The molecular formula is C15H20N2O5. The lowest BCUT2D eigenvalue weighted by Gasteiger charge is -2.33. The van der Waals surface area contributed by atoms with Crippen LogP contribution in [0.1, 0.15) is 53.9 Å². The van der Waals surface area contributed by atoms with E-state index in [2.05, 4.69) is 10.5 Å². The van der Waals surface area contributed by atoms with Gasteiger partial charge in [-0.05, 0) is 19.3 Å². The molecule has 0 unspecified atom stereocenters. The van der Waals surface area contributed by atoms with Gasteiger partial charge in [-0.2, -0.15) is 0 Å². The molecule has 0 bridgehead atoms. The first-order valence-electron chi connectivity index (χ1n) is 7.73. The highest BCUT2D eigenvalue weighted by Gasteiger charge is 2.42. The SMILES string of the molecule is O=C(NC1(C(=O)O)CCOCC1)c1noc2c1CCCCC2. The Morgan fingerprint density at radius 1 is 1.14 bits per heavy atom. The molecule has 1 aromatic rings. The van der Waals surface area contributed by atoms with Crippen LogP contribution in [0.15, 0.2) is 4.52 Å². The van der Waals surface area contributed by atoms with Crippen LogP contribution in [0.4, 0.5) is 0 Å². The first kappa shape index (κ1) is 15.0. The predicted octanol–water partition coefficient (Wildman–Crippen LogP) is 1.31. The van der Waals surface area contributed by atoms with Gasteiger partial charge in [-0.3, -0.25) is 4.79 Å². The number of hydrogen-bond acceptors (Lipinski definition) is 5. The van der Waals surface area contributed by atoms with Gasteiger partial charge in [0, 0.05) is 38.0 Å². The molecule has 1 aliphatic carbocycles. The fourth-order valence-corrected chi connectivity index (χ4v) is 3.13. The van der Waals surface area contributed by atoms with Gasteiger partial charge in [-0.15, -0.1) is 0 Å². The minimum Gasteiger partial charge on any atom is -0.480 e. The van der Waals surface area contributed by atoms with E-state index < -0.39 is 17.4 Å². The highest BCUT2D eigenvalue weighted by atomic mass is 16.5. The molecule has 2 heterocycles. The predicted molar refractivity (Wildman–Crippen MR) is 75.6 cm³/mol. The summed E-state index contributed by atoms with van der Waals surface area (Å²) in [6, 6.07) is 0. The molecule has 22 heavy (non-hydrogen) atoms. The minimum absolute atomic E-state index is 0.240. The number of rotatable bonds is 3. The van der Waals surface area contributed by atoms with Crippen molar-refractivity contribution in [3.63, 3.8) is 0 Å². The molecule has 120 valence electrons. The van der Waals surface area contributed by atoms with E-state index in [1.807, 2.05) is 0 Å². The van der Waals surface area contributed by atoms with E-state index in [4.69, 9.17) is 9.26 Å².